The van der Waals surface area contributed by atoms with E-state index in [1.165, 1.54) is 11.7 Å². The average molecular weight is 277 g/mol. The molecule has 3 heterocycles. The number of thioether (sulfide) groups is 1. The van der Waals surface area contributed by atoms with E-state index in [-0.39, 0.29) is 11.5 Å². The molecular weight excluding hydrogens is 266 g/mol. The molecule has 0 fully saturated rings. The Labute approximate surface area is 112 Å². The van der Waals surface area contributed by atoms with Gasteiger partial charge in [-0.15, -0.1) is 11.8 Å². The van der Waals surface area contributed by atoms with Crippen molar-refractivity contribution in [3.8, 4) is 11.5 Å². The SMILES string of the molecule is Cn1nc(C2=CCCS2)nc2c(=O)n(C)c(=O)nc1-2. The standard InChI is InChI=1S/C11H11N5O2S/c1-15-10(17)7-9(13-11(15)18)16(2)14-8(12-7)6-4-3-5-19-6/h4H,3,5H2,1-2H3. The van der Waals surface area contributed by atoms with E-state index in [0.717, 1.165) is 21.6 Å². The first-order valence-electron chi connectivity index (χ1n) is 5.73. The van der Waals surface area contributed by atoms with Gasteiger partial charge in [0.2, 0.25) is 0 Å². The van der Waals surface area contributed by atoms with Gasteiger partial charge in [0.1, 0.15) is 0 Å². The van der Waals surface area contributed by atoms with Crippen LogP contribution in [0.5, 0.6) is 0 Å². The van der Waals surface area contributed by atoms with Crippen LogP contribution in [0.25, 0.3) is 16.4 Å². The number of hydrogen-bond donors (Lipinski definition) is 0. The van der Waals surface area contributed by atoms with Gasteiger partial charge in [-0.2, -0.15) is 10.1 Å². The summed E-state index contributed by atoms with van der Waals surface area (Å²) in [4.78, 5) is 32.6. The first kappa shape index (κ1) is 12.1. The third kappa shape index (κ3) is 1.88. The van der Waals surface area contributed by atoms with Crippen LogP contribution in [0.4, 0.5) is 0 Å². The summed E-state index contributed by atoms with van der Waals surface area (Å²) in [6.07, 6.45) is 3.02. The third-order valence-electron chi connectivity index (χ3n) is 2.90. The fourth-order valence-electron chi connectivity index (χ4n) is 1.88. The van der Waals surface area contributed by atoms with Crippen LogP contribution < -0.4 is 11.2 Å². The minimum absolute atomic E-state index is 0.169. The van der Waals surface area contributed by atoms with Gasteiger partial charge in [-0.05, 0) is 6.42 Å². The molecule has 0 aromatic heterocycles. The maximum absolute atomic E-state index is 12.1. The van der Waals surface area contributed by atoms with Crippen LogP contribution in [-0.4, -0.2) is 30.1 Å². The third-order valence-corrected chi connectivity index (χ3v) is 4.00. The molecule has 0 amide bonds. The van der Waals surface area contributed by atoms with Gasteiger partial charge in [0, 0.05) is 24.8 Å². The molecule has 0 aromatic carbocycles. The van der Waals surface area contributed by atoms with Gasteiger partial charge in [0.05, 0.1) is 0 Å². The van der Waals surface area contributed by atoms with Gasteiger partial charge in [-0.1, -0.05) is 6.08 Å². The van der Waals surface area contributed by atoms with Crippen molar-refractivity contribution in [1.82, 2.24) is 24.3 Å². The number of nitrogens with zero attached hydrogens (tertiary/aromatic N) is 5. The van der Waals surface area contributed by atoms with Crippen molar-refractivity contribution in [1.29, 1.82) is 0 Å². The van der Waals surface area contributed by atoms with E-state index in [9.17, 15) is 9.59 Å². The molecule has 3 rings (SSSR count). The van der Waals surface area contributed by atoms with Crippen LogP contribution in [0.15, 0.2) is 15.7 Å². The van der Waals surface area contributed by atoms with E-state index in [1.807, 2.05) is 6.08 Å². The van der Waals surface area contributed by atoms with E-state index in [4.69, 9.17) is 0 Å². The Morgan fingerprint density at radius 2 is 2.05 bits per heavy atom. The zero-order chi connectivity index (χ0) is 13.6. The molecule has 0 spiro atoms. The van der Waals surface area contributed by atoms with Crippen LogP contribution in [0, 0.1) is 0 Å². The topological polar surface area (TPSA) is 82.7 Å². The number of allylic oxidation sites excluding steroid dienone is 1. The minimum Gasteiger partial charge on any atom is -0.267 e. The van der Waals surface area contributed by atoms with E-state index in [1.54, 1.807) is 18.8 Å². The molecule has 0 atom stereocenters. The number of aryl methyl sites for hydroxylation is 1. The molecule has 0 saturated heterocycles. The summed E-state index contributed by atoms with van der Waals surface area (Å²) in [7, 11) is 3.04. The Kier molecular flexibility index (Phi) is 2.74. The van der Waals surface area contributed by atoms with E-state index in [2.05, 4.69) is 15.1 Å². The maximum atomic E-state index is 12.1. The molecule has 0 saturated carbocycles. The smallest absolute Gasteiger partial charge is 0.267 e. The second kappa shape index (κ2) is 4.30. The van der Waals surface area contributed by atoms with Crippen molar-refractivity contribution in [2.24, 2.45) is 14.1 Å². The lowest BCUT2D eigenvalue weighted by Crippen LogP contribution is -2.37. The molecule has 0 radical (unpaired) electrons. The summed E-state index contributed by atoms with van der Waals surface area (Å²) in [6, 6.07) is 0. The van der Waals surface area contributed by atoms with Crippen molar-refractivity contribution in [2.45, 2.75) is 6.42 Å². The highest BCUT2D eigenvalue weighted by Crippen LogP contribution is 2.32. The molecule has 0 aromatic rings. The van der Waals surface area contributed by atoms with E-state index >= 15 is 0 Å². The van der Waals surface area contributed by atoms with Crippen molar-refractivity contribution < 1.29 is 0 Å². The first-order valence-corrected chi connectivity index (χ1v) is 6.72. The van der Waals surface area contributed by atoms with Gasteiger partial charge in [-0.3, -0.25) is 9.36 Å². The molecule has 8 heteroatoms. The predicted octanol–water partition coefficient (Wildman–Crippen LogP) is -0.148. The van der Waals surface area contributed by atoms with Gasteiger partial charge >= 0.3 is 5.69 Å². The summed E-state index contributed by atoms with van der Waals surface area (Å²) in [5.74, 6) is 1.71. The van der Waals surface area contributed by atoms with Gasteiger partial charge < -0.3 is 0 Å². The molecule has 7 nitrogen and oxygen atoms in total. The normalized spacial score (nSPS) is 14.9. The van der Waals surface area contributed by atoms with Gasteiger partial charge in [0.15, 0.2) is 17.3 Å². The molecule has 0 bridgehead atoms. The summed E-state index contributed by atoms with van der Waals surface area (Å²) in [5.41, 5.74) is -0.875. The van der Waals surface area contributed by atoms with Crippen molar-refractivity contribution in [3.05, 3.63) is 32.7 Å². The molecule has 0 aliphatic carbocycles. The molecule has 19 heavy (non-hydrogen) atoms. The lowest BCUT2D eigenvalue weighted by Gasteiger charge is -2.11. The highest BCUT2D eigenvalue weighted by atomic mass is 32.2. The van der Waals surface area contributed by atoms with Crippen LogP contribution >= 0.6 is 11.8 Å². The number of fused-ring (bicyclic) bond motifs is 1. The number of aromatic nitrogens is 5. The van der Waals surface area contributed by atoms with Crippen molar-refractivity contribution in [2.75, 3.05) is 5.75 Å². The molecule has 3 aliphatic heterocycles. The quantitative estimate of drug-likeness (QED) is 0.721. The van der Waals surface area contributed by atoms with Crippen LogP contribution in [-0.2, 0) is 14.1 Å². The number of hydrogen-bond acceptors (Lipinski definition) is 6. The molecule has 98 valence electrons. The average Bonchev–Trinajstić information content (AvgIpc) is 2.91. The highest BCUT2D eigenvalue weighted by Gasteiger charge is 2.21. The highest BCUT2D eigenvalue weighted by molar-refractivity contribution is 8.08. The van der Waals surface area contributed by atoms with Gasteiger partial charge in [-0.25, -0.2) is 14.5 Å². The number of rotatable bonds is 1. The fraction of sp³-hybridized carbons (Fsp3) is 0.364. The summed E-state index contributed by atoms with van der Waals surface area (Å²) >= 11 is 1.66. The van der Waals surface area contributed by atoms with Crippen molar-refractivity contribution >= 4 is 16.7 Å². The van der Waals surface area contributed by atoms with Crippen LogP contribution in [0.2, 0.25) is 0 Å². The second-order valence-electron chi connectivity index (χ2n) is 4.20. The van der Waals surface area contributed by atoms with Crippen LogP contribution in [0.1, 0.15) is 12.2 Å². The van der Waals surface area contributed by atoms with E-state index < -0.39 is 11.2 Å². The molecular formula is C11H11N5O2S. The Bertz CT molecular complexity index is 776. The largest absolute Gasteiger partial charge is 0.352 e. The Morgan fingerprint density at radius 3 is 2.74 bits per heavy atom. The zero-order valence-corrected chi connectivity index (χ0v) is 11.3. The minimum atomic E-state index is -0.598. The lowest BCUT2D eigenvalue weighted by atomic mass is 10.3. The van der Waals surface area contributed by atoms with E-state index in [0.29, 0.717) is 5.82 Å². The fourth-order valence-corrected chi connectivity index (χ4v) is 2.79. The Morgan fingerprint density at radius 1 is 1.26 bits per heavy atom. The first-order chi connectivity index (χ1) is 9.08. The summed E-state index contributed by atoms with van der Waals surface area (Å²) < 4.78 is 2.38. The molecule has 0 unspecified atom stereocenters. The Hall–Kier alpha value is -1.96. The van der Waals surface area contributed by atoms with Crippen molar-refractivity contribution in [3.63, 3.8) is 0 Å². The molecule has 3 aliphatic rings. The lowest BCUT2D eigenvalue weighted by molar-refractivity contribution is 0.669. The second-order valence-corrected chi connectivity index (χ2v) is 5.33. The summed E-state index contributed by atoms with van der Waals surface area (Å²) in [6.45, 7) is 0. The van der Waals surface area contributed by atoms with Gasteiger partial charge in [0.25, 0.3) is 5.56 Å². The monoisotopic (exact) mass is 277 g/mol. The zero-order valence-electron chi connectivity index (χ0n) is 10.5. The summed E-state index contributed by atoms with van der Waals surface area (Å²) in [5, 5.41) is 4.26. The maximum Gasteiger partial charge on any atom is 0.352 e. The van der Waals surface area contributed by atoms with Crippen LogP contribution in [0.3, 0.4) is 0 Å². The Balaban J connectivity index is 2.34. The predicted molar refractivity (Wildman–Crippen MR) is 72.0 cm³/mol. The molecule has 0 N–H and O–H groups in total.